The van der Waals surface area contributed by atoms with E-state index < -0.39 is 17.9 Å². The summed E-state index contributed by atoms with van der Waals surface area (Å²) in [5, 5.41) is 12.2. The van der Waals surface area contributed by atoms with Crippen LogP contribution in [0, 0.1) is 0 Å². The zero-order valence-electron chi connectivity index (χ0n) is 14.3. The van der Waals surface area contributed by atoms with Crippen LogP contribution in [0.25, 0.3) is 0 Å². The third kappa shape index (κ3) is 5.67. The van der Waals surface area contributed by atoms with Crippen molar-refractivity contribution in [3.63, 3.8) is 0 Å². The molecule has 26 heavy (non-hydrogen) atoms. The maximum Gasteiger partial charge on any atom is 0.329 e. The average Bonchev–Trinajstić information content (AvgIpc) is 2.67. The van der Waals surface area contributed by atoms with E-state index in [0.29, 0.717) is 5.56 Å². The highest BCUT2D eigenvalue weighted by Gasteiger charge is 2.23. The maximum absolute atomic E-state index is 12.4. The summed E-state index contributed by atoms with van der Waals surface area (Å²) >= 11 is 5.53. The van der Waals surface area contributed by atoms with Crippen molar-refractivity contribution in [2.24, 2.45) is 0 Å². The van der Waals surface area contributed by atoms with Gasteiger partial charge in [0.25, 0.3) is 0 Å². The lowest BCUT2D eigenvalue weighted by Crippen LogP contribution is -2.43. The third-order valence-corrected chi connectivity index (χ3v) is 3.89. The summed E-state index contributed by atoms with van der Waals surface area (Å²) in [7, 11) is 1.43. The number of nitrogens with one attached hydrogen (secondary N) is 1. The van der Waals surface area contributed by atoms with Gasteiger partial charge in [-0.3, -0.25) is 4.79 Å². The molecule has 0 spiro atoms. The number of esters is 1. The molecule has 2 N–H and O–H groups in total. The van der Waals surface area contributed by atoms with Crippen LogP contribution in [0.15, 0.2) is 48.5 Å². The Hall–Kier alpha value is -2.73. The van der Waals surface area contributed by atoms with Gasteiger partial charge in [-0.2, -0.15) is 0 Å². The molecule has 0 heterocycles. The molecule has 0 aliphatic carbocycles. The summed E-state index contributed by atoms with van der Waals surface area (Å²) < 4.78 is 10.4. The predicted molar refractivity (Wildman–Crippen MR) is 97.3 cm³/mol. The van der Waals surface area contributed by atoms with Crippen molar-refractivity contribution in [1.82, 2.24) is 5.32 Å². The van der Waals surface area contributed by atoms with E-state index in [9.17, 15) is 14.7 Å². The predicted octanol–water partition coefficient (Wildman–Crippen LogP) is 2.41. The van der Waals surface area contributed by atoms with Crippen molar-refractivity contribution in [3.8, 4) is 11.5 Å². The molecule has 138 valence electrons. The fourth-order valence-corrected chi connectivity index (χ4v) is 2.42. The van der Waals surface area contributed by atoms with Gasteiger partial charge < -0.3 is 19.9 Å². The summed E-state index contributed by atoms with van der Waals surface area (Å²) in [4.78, 5) is 24.1. The van der Waals surface area contributed by atoms with Crippen LogP contribution >= 0.6 is 11.6 Å². The van der Waals surface area contributed by atoms with E-state index in [2.05, 4.69) is 5.32 Å². The first-order chi connectivity index (χ1) is 12.5. The Kier molecular flexibility index (Phi) is 7.29. The number of alkyl halides is 1. The van der Waals surface area contributed by atoms with E-state index in [1.165, 1.54) is 13.2 Å². The summed E-state index contributed by atoms with van der Waals surface area (Å²) in [5.74, 6) is -1.04. The number of rotatable bonds is 8. The number of phenols is 1. The molecule has 1 atom stereocenters. The number of benzene rings is 2. The number of halogens is 1. The average molecular weight is 378 g/mol. The maximum atomic E-state index is 12.4. The minimum absolute atomic E-state index is 0.00996. The molecule has 0 radical (unpaired) electrons. The van der Waals surface area contributed by atoms with E-state index in [0.717, 1.165) is 5.56 Å². The normalized spacial score (nSPS) is 11.5. The fraction of sp³-hybridized carbons (Fsp3) is 0.263. The lowest BCUT2D eigenvalue weighted by molar-refractivity contribution is -0.148. The van der Waals surface area contributed by atoms with Crippen molar-refractivity contribution >= 4 is 23.5 Å². The van der Waals surface area contributed by atoms with Crippen LogP contribution in [0.5, 0.6) is 11.5 Å². The summed E-state index contributed by atoms with van der Waals surface area (Å²) in [6.07, 6.45) is 0.174. The van der Waals surface area contributed by atoms with Crippen LogP contribution in [-0.4, -0.2) is 36.0 Å². The van der Waals surface area contributed by atoms with E-state index in [1.807, 2.05) is 30.3 Å². The second-order valence-corrected chi connectivity index (χ2v) is 5.82. The first kappa shape index (κ1) is 19.6. The van der Waals surface area contributed by atoms with Crippen molar-refractivity contribution in [1.29, 1.82) is 0 Å². The molecule has 0 saturated heterocycles. The number of hydrogen-bond acceptors (Lipinski definition) is 5. The Bertz CT molecular complexity index is 751. The topological polar surface area (TPSA) is 84.9 Å². The SMILES string of the molecule is COc1cc(C[C@@H](NC(=O)CCl)C(=O)OCc2ccccc2)ccc1O. The molecule has 2 aromatic carbocycles. The minimum atomic E-state index is -0.904. The van der Waals surface area contributed by atoms with Gasteiger partial charge in [-0.05, 0) is 23.3 Å². The largest absolute Gasteiger partial charge is 0.504 e. The molecule has 0 unspecified atom stereocenters. The number of carbonyl (C=O) groups excluding carboxylic acids is 2. The molecule has 2 aromatic rings. The molecular weight excluding hydrogens is 358 g/mol. The van der Waals surface area contributed by atoms with E-state index in [1.54, 1.807) is 12.1 Å². The number of ether oxygens (including phenoxy) is 2. The van der Waals surface area contributed by atoms with E-state index in [4.69, 9.17) is 21.1 Å². The van der Waals surface area contributed by atoms with Crippen molar-refractivity contribution < 1.29 is 24.2 Å². The molecule has 0 bridgehead atoms. The highest BCUT2D eigenvalue weighted by molar-refractivity contribution is 6.27. The highest BCUT2D eigenvalue weighted by Crippen LogP contribution is 2.26. The number of amides is 1. The van der Waals surface area contributed by atoms with Gasteiger partial charge in [0.2, 0.25) is 5.91 Å². The van der Waals surface area contributed by atoms with Crippen molar-refractivity contribution in [2.75, 3.05) is 13.0 Å². The number of methoxy groups -OCH3 is 1. The van der Waals surface area contributed by atoms with Crippen molar-refractivity contribution in [2.45, 2.75) is 19.1 Å². The molecule has 7 heteroatoms. The van der Waals surface area contributed by atoms with Gasteiger partial charge in [0.15, 0.2) is 11.5 Å². The molecule has 6 nitrogen and oxygen atoms in total. The van der Waals surface area contributed by atoms with Gasteiger partial charge in [-0.25, -0.2) is 4.79 Å². The van der Waals surface area contributed by atoms with Crippen LogP contribution in [0.4, 0.5) is 0 Å². The molecule has 0 fully saturated rings. The lowest BCUT2D eigenvalue weighted by Gasteiger charge is -2.18. The van der Waals surface area contributed by atoms with Crippen LogP contribution < -0.4 is 10.1 Å². The summed E-state index contributed by atoms with van der Waals surface area (Å²) in [6.45, 7) is 0.103. The quantitative estimate of drug-likeness (QED) is 0.545. The Labute approximate surface area is 156 Å². The first-order valence-corrected chi connectivity index (χ1v) is 8.48. The zero-order chi connectivity index (χ0) is 18.9. The van der Waals surface area contributed by atoms with Gasteiger partial charge in [-0.15, -0.1) is 11.6 Å². The number of phenolic OH excluding ortho intramolecular Hbond substituents is 1. The highest BCUT2D eigenvalue weighted by atomic mass is 35.5. The molecular formula is C19H20ClNO5. The van der Waals surface area contributed by atoms with E-state index >= 15 is 0 Å². The zero-order valence-corrected chi connectivity index (χ0v) is 15.0. The first-order valence-electron chi connectivity index (χ1n) is 7.95. The van der Waals surface area contributed by atoms with Gasteiger partial charge in [-0.1, -0.05) is 36.4 Å². The molecule has 0 saturated carbocycles. The van der Waals surface area contributed by atoms with Crippen LogP contribution in [0.1, 0.15) is 11.1 Å². The number of hydrogen-bond donors (Lipinski definition) is 2. The number of carbonyl (C=O) groups is 2. The van der Waals surface area contributed by atoms with Crippen LogP contribution in [0.2, 0.25) is 0 Å². The molecule has 0 aliphatic rings. The second kappa shape index (κ2) is 9.68. The Morgan fingerprint density at radius 1 is 1.15 bits per heavy atom. The molecule has 0 aromatic heterocycles. The minimum Gasteiger partial charge on any atom is -0.504 e. The van der Waals surface area contributed by atoms with Crippen LogP contribution in [0.3, 0.4) is 0 Å². The fourth-order valence-electron chi connectivity index (χ4n) is 2.34. The Morgan fingerprint density at radius 3 is 2.54 bits per heavy atom. The standard InChI is InChI=1S/C19H20ClNO5/c1-25-17-10-14(7-8-16(17)22)9-15(21-18(23)11-20)19(24)26-12-13-5-3-2-4-6-13/h2-8,10,15,22H,9,11-12H2,1H3,(H,21,23)/t15-/m1/s1. The van der Waals surface area contributed by atoms with Crippen LogP contribution in [-0.2, 0) is 27.4 Å². The summed E-state index contributed by atoms with van der Waals surface area (Å²) in [5.41, 5.74) is 1.53. The van der Waals surface area contributed by atoms with Crippen molar-refractivity contribution in [3.05, 3.63) is 59.7 Å². The second-order valence-electron chi connectivity index (χ2n) is 5.56. The Morgan fingerprint density at radius 2 is 1.88 bits per heavy atom. The van der Waals surface area contributed by atoms with E-state index in [-0.39, 0.29) is 30.4 Å². The van der Waals surface area contributed by atoms with Gasteiger partial charge in [0, 0.05) is 6.42 Å². The Balaban J connectivity index is 2.09. The molecule has 0 aliphatic heterocycles. The number of aromatic hydroxyl groups is 1. The monoisotopic (exact) mass is 377 g/mol. The summed E-state index contributed by atoms with van der Waals surface area (Å²) in [6, 6.07) is 13.0. The smallest absolute Gasteiger partial charge is 0.329 e. The van der Waals surface area contributed by atoms with Gasteiger partial charge in [0.1, 0.15) is 18.5 Å². The van der Waals surface area contributed by atoms with Gasteiger partial charge >= 0.3 is 5.97 Å². The van der Waals surface area contributed by atoms with Gasteiger partial charge in [0.05, 0.1) is 7.11 Å². The third-order valence-electron chi connectivity index (χ3n) is 3.65. The molecule has 1 amide bonds. The lowest BCUT2D eigenvalue weighted by atomic mass is 10.1. The molecule has 2 rings (SSSR count).